The lowest BCUT2D eigenvalue weighted by atomic mass is 10.1. The van der Waals surface area contributed by atoms with Crippen LogP contribution in [0.5, 0.6) is 0 Å². The predicted molar refractivity (Wildman–Crippen MR) is 90.1 cm³/mol. The van der Waals surface area contributed by atoms with Gasteiger partial charge >= 0.3 is 0 Å². The second kappa shape index (κ2) is 7.13. The summed E-state index contributed by atoms with van der Waals surface area (Å²) in [5, 5.41) is 4.50. The van der Waals surface area contributed by atoms with Crippen LogP contribution in [0.25, 0.3) is 0 Å². The van der Waals surface area contributed by atoms with Crippen LogP contribution in [0.2, 0.25) is 0 Å². The number of carbonyl (C=O) groups is 1. The summed E-state index contributed by atoms with van der Waals surface area (Å²) >= 11 is 1.41. The summed E-state index contributed by atoms with van der Waals surface area (Å²) in [7, 11) is 0. The van der Waals surface area contributed by atoms with Crippen molar-refractivity contribution in [3.05, 3.63) is 10.4 Å². The summed E-state index contributed by atoms with van der Waals surface area (Å²) < 4.78 is 0. The molecule has 1 saturated carbocycles. The number of hydrogen-bond acceptors (Lipinski definition) is 5. The number of carbonyl (C=O) groups excluding carboxylic acids is 1. The van der Waals surface area contributed by atoms with Crippen LogP contribution in [0.1, 0.15) is 54.3 Å². The Morgan fingerprint density at radius 1 is 1.38 bits per heavy atom. The second-order valence-corrected chi connectivity index (χ2v) is 6.55. The number of nitrogens with one attached hydrogen (secondary N) is 1. The maximum Gasteiger partial charge on any atom is 0.260 e. The van der Waals surface area contributed by atoms with Crippen molar-refractivity contribution in [1.29, 1.82) is 0 Å². The van der Waals surface area contributed by atoms with Crippen molar-refractivity contribution in [3.8, 4) is 0 Å². The van der Waals surface area contributed by atoms with Gasteiger partial charge in [0.2, 0.25) is 0 Å². The molecule has 6 heteroatoms. The number of nitrogens with two attached hydrogens (primary N) is 2. The Morgan fingerprint density at radius 2 is 2.05 bits per heavy atom. The third-order valence-electron chi connectivity index (χ3n) is 4.02. The third kappa shape index (κ3) is 3.89. The Bertz CT molecular complexity index is 492. The van der Waals surface area contributed by atoms with Crippen LogP contribution in [0, 0.1) is 0 Å². The van der Waals surface area contributed by atoms with Gasteiger partial charge in [-0.25, -0.2) is 0 Å². The largest absolute Gasteiger partial charge is 0.397 e. The lowest BCUT2D eigenvalue weighted by Gasteiger charge is -2.17. The number of hydrogen-bond donors (Lipinski definition) is 3. The molecule has 118 valence electrons. The van der Waals surface area contributed by atoms with E-state index in [1.54, 1.807) is 0 Å². The highest BCUT2D eigenvalue weighted by atomic mass is 32.1. The number of primary amides is 1. The first kappa shape index (κ1) is 16.1. The van der Waals surface area contributed by atoms with E-state index in [1.165, 1.54) is 11.3 Å². The van der Waals surface area contributed by atoms with Crippen LogP contribution in [0.3, 0.4) is 0 Å². The molecule has 5 nitrogen and oxygen atoms in total. The van der Waals surface area contributed by atoms with Gasteiger partial charge in [0, 0.05) is 12.1 Å². The van der Waals surface area contributed by atoms with E-state index in [1.807, 2.05) is 0 Å². The molecular weight excluding hydrogens is 284 g/mol. The van der Waals surface area contributed by atoms with Gasteiger partial charge in [-0.05, 0) is 44.8 Å². The number of rotatable bonds is 9. The number of thiophene rings is 1. The van der Waals surface area contributed by atoms with E-state index >= 15 is 0 Å². The molecule has 0 radical (unpaired) electrons. The van der Waals surface area contributed by atoms with Crippen LogP contribution >= 0.6 is 11.3 Å². The minimum absolute atomic E-state index is 0.421. The first-order valence-electron chi connectivity index (χ1n) is 7.76. The van der Waals surface area contributed by atoms with Gasteiger partial charge in [0.15, 0.2) is 0 Å². The van der Waals surface area contributed by atoms with E-state index in [9.17, 15) is 4.79 Å². The van der Waals surface area contributed by atoms with Gasteiger partial charge < -0.3 is 21.7 Å². The summed E-state index contributed by atoms with van der Waals surface area (Å²) in [6.45, 7) is 8.52. The monoisotopic (exact) mass is 310 g/mol. The average molecular weight is 310 g/mol. The number of amides is 1. The minimum atomic E-state index is -0.421. The fourth-order valence-electron chi connectivity index (χ4n) is 2.59. The van der Waals surface area contributed by atoms with E-state index in [0.29, 0.717) is 16.5 Å². The van der Waals surface area contributed by atoms with E-state index in [2.05, 4.69) is 24.1 Å². The van der Waals surface area contributed by atoms with Gasteiger partial charge in [-0.2, -0.15) is 0 Å². The molecule has 0 atom stereocenters. The molecule has 0 aliphatic heterocycles. The van der Waals surface area contributed by atoms with Crippen LogP contribution in [-0.4, -0.2) is 37.0 Å². The van der Waals surface area contributed by atoms with Crippen LogP contribution in [-0.2, 0) is 0 Å². The first-order valence-corrected chi connectivity index (χ1v) is 8.58. The first-order chi connectivity index (χ1) is 10.1. The summed E-state index contributed by atoms with van der Waals surface area (Å²) in [4.78, 5) is 14.4. The Hall–Kier alpha value is -1.27. The highest BCUT2D eigenvalue weighted by molar-refractivity contribution is 7.18. The molecule has 0 spiro atoms. The van der Waals surface area contributed by atoms with Gasteiger partial charge in [0.05, 0.1) is 10.7 Å². The topological polar surface area (TPSA) is 84.4 Å². The molecule has 1 heterocycles. The maximum atomic E-state index is 11.4. The van der Waals surface area contributed by atoms with E-state index in [-0.39, 0.29) is 0 Å². The van der Waals surface area contributed by atoms with Crippen molar-refractivity contribution in [1.82, 2.24) is 4.90 Å². The van der Waals surface area contributed by atoms with E-state index < -0.39 is 5.91 Å². The summed E-state index contributed by atoms with van der Waals surface area (Å²) in [6.07, 6.45) is 3.40. The van der Waals surface area contributed by atoms with Crippen LogP contribution in [0.15, 0.2) is 0 Å². The highest BCUT2D eigenvalue weighted by Crippen LogP contribution is 2.50. The van der Waals surface area contributed by atoms with Crippen molar-refractivity contribution < 1.29 is 4.79 Å². The smallest absolute Gasteiger partial charge is 0.260 e. The lowest BCUT2D eigenvalue weighted by molar-refractivity contribution is 0.100. The molecule has 0 bridgehead atoms. The zero-order chi connectivity index (χ0) is 15.4. The SMILES string of the molecule is CCN(CC)CCCNc1sc(C(N)=O)c(N)c1C1CC1. The van der Waals surface area contributed by atoms with Crippen molar-refractivity contribution in [2.45, 2.75) is 39.0 Å². The molecule has 1 aromatic heterocycles. The molecule has 0 unspecified atom stereocenters. The molecule has 0 aromatic carbocycles. The predicted octanol–water partition coefficient (Wildman–Crippen LogP) is 2.45. The summed E-state index contributed by atoms with van der Waals surface area (Å²) in [5.41, 5.74) is 13.2. The average Bonchev–Trinajstić information content (AvgIpc) is 3.23. The second-order valence-electron chi connectivity index (χ2n) is 5.53. The molecule has 5 N–H and O–H groups in total. The quantitative estimate of drug-likeness (QED) is 0.612. The van der Waals surface area contributed by atoms with E-state index in [0.717, 1.165) is 56.0 Å². The van der Waals surface area contributed by atoms with E-state index in [4.69, 9.17) is 11.5 Å². The maximum absolute atomic E-state index is 11.4. The molecule has 1 amide bonds. The van der Waals surface area contributed by atoms with Gasteiger partial charge in [-0.1, -0.05) is 13.8 Å². The lowest BCUT2D eigenvalue weighted by Crippen LogP contribution is -2.25. The highest BCUT2D eigenvalue weighted by Gasteiger charge is 2.32. The number of nitrogen functional groups attached to an aromatic ring is 1. The minimum Gasteiger partial charge on any atom is -0.397 e. The Kier molecular flexibility index (Phi) is 5.47. The fourth-order valence-corrected chi connectivity index (χ4v) is 3.68. The molecule has 1 aliphatic carbocycles. The third-order valence-corrected chi connectivity index (χ3v) is 5.22. The molecule has 1 fully saturated rings. The molecule has 2 rings (SSSR count). The number of nitrogens with zero attached hydrogens (tertiary/aromatic N) is 1. The van der Waals surface area contributed by atoms with Gasteiger partial charge in [0.1, 0.15) is 4.88 Å². The van der Waals surface area contributed by atoms with Crippen molar-refractivity contribution in [2.24, 2.45) is 5.73 Å². The van der Waals surface area contributed by atoms with Crippen LogP contribution in [0.4, 0.5) is 10.7 Å². The summed E-state index contributed by atoms with van der Waals surface area (Å²) in [6, 6.07) is 0. The molecular formula is C15H26N4OS. The zero-order valence-electron chi connectivity index (χ0n) is 12.9. The van der Waals surface area contributed by atoms with Crippen molar-refractivity contribution >= 4 is 27.9 Å². The fraction of sp³-hybridized carbons (Fsp3) is 0.667. The van der Waals surface area contributed by atoms with Gasteiger partial charge in [-0.3, -0.25) is 4.79 Å². The normalized spacial score (nSPS) is 14.6. The van der Waals surface area contributed by atoms with Gasteiger partial charge in [0.25, 0.3) is 5.91 Å². The van der Waals surface area contributed by atoms with Crippen LogP contribution < -0.4 is 16.8 Å². The molecule has 1 aromatic rings. The Morgan fingerprint density at radius 3 is 2.57 bits per heavy atom. The summed E-state index contributed by atoms with van der Waals surface area (Å²) in [5.74, 6) is 0.0928. The Labute approximate surface area is 130 Å². The number of anilines is 2. The zero-order valence-corrected chi connectivity index (χ0v) is 13.8. The van der Waals surface area contributed by atoms with Gasteiger partial charge in [-0.15, -0.1) is 11.3 Å². The molecule has 1 aliphatic rings. The molecule has 21 heavy (non-hydrogen) atoms. The van der Waals surface area contributed by atoms with Crippen molar-refractivity contribution in [3.63, 3.8) is 0 Å². The molecule has 0 saturated heterocycles. The standard InChI is InChI=1S/C15H26N4OS/c1-3-19(4-2)9-5-8-18-15-11(10-6-7-10)12(16)13(21-15)14(17)20/h10,18H,3-9,16H2,1-2H3,(H2,17,20). The Balaban J connectivity index is 1.96. The van der Waals surface area contributed by atoms with Crippen molar-refractivity contribution in [2.75, 3.05) is 37.2 Å².